The lowest BCUT2D eigenvalue weighted by molar-refractivity contribution is -0.172. The van der Waals surface area contributed by atoms with Crippen molar-refractivity contribution in [1.29, 1.82) is 0 Å². The second-order valence-corrected chi connectivity index (χ2v) is 43.9. The zero-order valence-electron chi connectivity index (χ0n) is 75.4. The SMILES string of the molecule is CC(C)(C)CC(COCC(COCC(COCC(COCC(COC(C)(C)C)C(C)(C)C)C(C)(C)C)C(C)(C)C)C(C)(C)C)C(C)(C)C.CC(C)(C)OCC(COCC(COCC(COCC(COCC(COC(C)(C)C)OC(C)(C)C)OC(C)(C)C)OC(C)(C)C)OC(C)(C)C)OC(C)(C)C. The van der Waals surface area contributed by atoms with Crippen molar-refractivity contribution in [2.75, 3.05) is 126 Å². The summed E-state index contributed by atoms with van der Waals surface area (Å²) < 4.78 is 101. The predicted octanol–water partition coefficient (Wildman–Crippen LogP) is 20.2. The number of rotatable bonds is 44. The standard InChI is InChI=1S/C43H88O11.C43H88O5/c1-37(2,3)48-30-35(53-42(16,17)18)28-46-26-33(51-40(10,11)12)24-44-22-32(50-39(7,8)9)23-45-25-34(52-41(13,14)15)27-47-29-36(54-43(19,20)21)31-49-38(4,5)6;1-37(2,3)22-32(38(4,5)6)23-44-24-33(39(7,8)9)25-45-26-34(40(10,11)12)27-46-28-35(41(13,14)15)29-47-30-36(42(16,17)18)31-48-43(19,20)21/h32-36H,22-31H2,1-21H3;32-36H,22-31H2,1-21H3. The van der Waals surface area contributed by atoms with E-state index in [1.165, 1.54) is 0 Å². The van der Waals surface area contributed by atoms with Gasteiger partial charge in [0.15, 0.2) is 0 Å². The zero-order chi connectivity index (χ0) is 80.2. The predicted molar refractivity (Wildman–Crippen MR) is 426 cm³/mol. The molecule has 0 aliphatic rings. The van der Waals surface area contributed by atoms with Crippen molar-refractivity contribution in [1.82, 2.24) is 0 Å². The van der Waals surface area contributed by atoms with Crippen molar-refractivity contribution in [2.24, 2.45) is 62.1 Å². The molecule has 0 aliphatic carbocycles. The van der Waals surface area contributed by atoms with Crippen molar-refractivity contribution >= 4 is 0 Å². The summed E-state index contributed by atoms with van der Waals surface area (Å²) in [6.45, 7) is 100. The molecule has 9 unspecified atom stereocenters. The lowest BCUT2D eigenvalue weighted by atomic mass is 9.72. The largest absolute Gasteiger partial charge is 0.381 e. The van der Waals surface area contributed by atoms with E-state index in [2.05, 4.69) is 145 Å². The molecule has 16 nitrogen and oxygen atoms in total. The molecule has 0 saturated heterocycles. The molecule has 616 valence electrons. The fourth-order valence-electron chi connectivity index (χ4n) is 10.4. The van der Waals surface area contributed by atoms with Crippen LogP contribution in [0.15, 0.2) is 0 Å². The molecular formula is C86H176O16. The van der Waals surface area contributed by atoms with Gasteiger partial charge < -0.3 is 75.8 Å². The summed E-state index contributed by atoms with van der Waals surface area (Å²) in [6.07, 6.45) is -0.218. The maximum Gasteiger partial charge on any atom is 0.105 e. The molecule has 0 amide bonds. The highest BCUT2D eigenvalue weighted by Gasteiger charge is 2.36. The molecule has 0 fully saturated rings. The van der Waals surface area contributed by atoms with Crippen molar-refractivity contribution in [2.45, 2.75) is 373 Å². The number of hydrogen-bond acceptors (Lipinski definition) is 16. The molecule has 9 atom stereocenters. The Morgan fingerprint density at radius 3 is 0.461 bits per heavy atom. The van der Waals surface area contributed by atoms with Crippen LogP contribution in [0, 0.1) is 62.1 Å². The molecule has 0 aromatic rings. The zero-order valence-corrected chi connectivity index (χ0v) is 75.4. The Hall–Kier alpha value is -0.640. The Labute approximate surface area is 633 Å². The fourth-order valence-corrected chi connectivity index (χ4v) is 10.4. The van der Waals surface area contributed by atoms with Crippen molar-refractivity contribution in [3.8, 4) is 0 Å². The first kappa shape index (κ1) is 103. The minimum atomic E-state index is -0.402. The Bertz CT molecular complexity index is 2030. The van der Waals surface area contributed by atoms with Crippen LogP contribution < -0.4 is 0 Å². The summed E-state index contributed by atoms with van der Waals surface area (Å²) >= 11 is 0. The Morgan fingerprint density at radius 2 is 0.304 bits per heavy atom. The second-order valence-electron chi connectivity index (χ2n) is 43.9. The maximum atomic E-state index is 6.51. The van der Waals surface area contributed by atoms with Crippen LogP contribution in [0.5, 0.6) is 0 Å². The summed E-state index contributed by atoms with van der Waals surface area (Å²) in [5.41, 5.74) is -1.69. The second kappa shape index (κ2) is 44.4. The van der Waals surface area contributed by atoms with Gasteiger partial charge in [-0.2, -0.15) is 0 Å². The number of ether oxygens (including phenoxy) is 16. The van der Waals surface area contributed by atoms with Crippen LogP contribution in [-0.2, 0) is 75.8 Å². The minimum Gasteiger partial charge on any atom is -0.381 e. The highest BCUT2D eigenvalue weighted by Crippen LogP contribution is 2.38. The van der Waals surface area contributed by atoms with Gasteiger partial charge in [0.2, 0.25) is 0 Å². The molecule has 0 aromatic carbocycles. The maximum absolute atomic E-state index is 6.51. The normalized spacial score (nSPS) is 17.4. The molecule has 0 aliphatic heterocycles. The summed E-state index contributed by atoms with van der Waals surface area (Å²) in [7, 11) is 0. The topological polar surface area (TPSA) is 148 Å². The van der Waals surface area contributed by atoms with E-state index in [-0.39, 0.29) is 108 Å². The molecule has 0 rings (SSSR count). The van der Waals surface area contributed by atoms with Crippen molar-refractivity contribution in [3.05, 3.63) is 0 Å². The molecule has 0 bridgehead atoms. The summed E-state index contributed by atoms with van der Waals surface area (Å²) in [5.74, 6) is 1.75. The summed E-state index contributed by atoms with van der Waals surface area (Å²) in [6, 6.07) is 0. The monoisotopic (exact) mass is 1470 g/mol. The van der Waals surface area contributed by atoms with Crippen LogP contribution in [0.1, 0.15) is 297 Å². The van der Waals surface area contributed by atoms with Gasteiger partial charge in [0, 0.05) is 30.3 Å². The molecular weight excluding hydrogens is 1290 g/mol. The van der Waals surface area contributed by atoms with Crippen LogP contribution in [-0.4, -0.2) is 201 Å². The highest BCUT2D eigenvalue weighted by atomic mass is 16.6. The smallest absolute Gasteiger partial charge is 0.105 e. The Kier molecular flexibility index (Phi) is 45.0. The first-order valence-electron chi connectivity index (χ1n) is 39.3. The van der Waals surface area contributed by atoms with Crippen LogP contribution in [0.3, 0.4) is 0 Å². The third kappa shape index (κ3) is 61.2. The lowest BCUT2D eigenvalue weighted by Crippen LogP contribution is -2.40. The van der Waals surface area contributed by atoms with Crippen LogP contribution >= 0.6 is 0 Å². The first-order chi connectivity index (χ1) is 45.3. The van der Waals surface area contributed by atoms with Gasteiger partial charge in [-0.1, -0.05) is 125 Å². The van der Waals surface area contributed by atoms with Gasteiger partial charge in [-0.15, -0.1) is 0 Å². The average Bonchev–Trinajstić information content (AvgIpc) is 0.864. The number of hydrogen-bond donors (Lipinski definition) is 0. The quantitative estimate of drug-likeness (QED) is 0.0569. The lowest BCUT2D eigenvalue weighted by Gasteiger charge is -2.37. The average molecular weight is 1470 g/mol. The molecule has 0 N–H and O–H groups in total. The highest BCUT2D eigenvalue weighted by molar-refractivity contribution is 4.83. The van der Waals surface area contributed by atoms with Gasteiger partial charge in [0.25, 0.3) is 0 Å². The van der Waals surface area contributed by atoms with E-state index < -0.39 is 5.60 Å². The Morgan fingerprint density at radius 1 is 0.157 bits per heavy atom. The van der Waals surface area contributed by atoms with Crippen molar-refractivity contribution in [3.63, 3.8) is 0 Å². The van der Waals surface area contributed by atoms with E-state index in [0.29, 0.717) is 136 Å². The van der Waals surface area contributed by atoms with Crippen LogP contribution in [0.2, 0.25) is 0 Å². The Balaban J connectivity index is 0. The van der Waals surface area contributed by atoms with Crippen LogP contribution in [0.4, 0.5) is 0 Å². The third-order valence-electron chi connectivity index (χ3n) is 16.7. The molecule has 0 heterocycles. The minimum absolute atomic E-state index is 0.0708. The van der Waals surface area contributed by atoms with Gasteiger partial charge >= 0.3 is 0 Å². The molecule has 0 spiro atoms. The summed E-state index contributed by atoms with van der Waals surface area (Å²) in [4.78, 5) is 0. The van der Waals surface area contributed by atoms with Gasteiger partial charge in [-0.25, -0.2) is 0 Å². The van der Waals surface area contributed by atoms with Gasteiger partial charge in [0.05, 0.1) is 164 Å². The van der Waals surface area contributed by atoms with E-state index in [9.17, 15) is 0 Å². The first-order valence-corrected chi connectivity index (χ1v) is 39.3. The third-order valence-corrected chi connectivity index (χ3v) is 16.7. The van der Waals surface area contributed by atoms with E-state index >= 15 is 0 Å². The fraction of sp³-hybridized carbons (Fsp3) is 1.00. The van der Waals surface area contributed by atoms with Crippen LogP contribution in [0.25, 0.3) is 0 Å². The summed E-state index contributed by atoms with van der Waals surface area (Å²) in [5, 5.41) is 0. The molecule has 16 heteroatoms. The van der Waals surface area contributed by atoms with Crippen molar-refractivity contribution < 1.29 is 75.8 Å². The molecule has 0 radical (unpaired) electrons. The molecule has 0 saturated carbocycles. The van der Waals surface area contributed by atoms with Gasteiger partial charge in [0.1, 0.15) is 30.5 Å². The molecule has 0 aromatic heterocycles. The van der Waals surface area contributed by atoms with E-state index in [1.54, 1.807) is 0 Å². The molecule has 102 heavy (non-hydrogen) atoms. The van der Waals surface area contributed by atoms with Gasteiger partial charge in [-0.3, -0.25) is 0 Å². The van der Waals surface area contributed by atoms with Gasteiger partial charge in [-0.05, 0) is 211 Å². The van der Waals surface area contributed by atoms with E-state index in [4.69, 9.17) is 75.8 Å². The van der Waals surface area contributed by atoms with E-state index in [1.807, 2.05) is 145 Å². The van der Waals surface area contributed by atoms with E-state index in [0.717, 1.165) is 19.6 Å².